The Bertz CT molecular complexity index is 625. The third-order valence-corrected chi connectivity index (χ3v) is 4.03. The molecule has 18 heavy (non-hydrogen) atoms. The zero-order chi connectivity index (χ0) is 13.3. The standard InChI is InChI=1S/C14H9BrFIO/c1-8-6-9(2-4-12(8)16)14(18)11-7-10(15)3-5-13(11)17/h2-7H,1H3. The highest BCUT2D eigenvalue weighted by Crippen LogP contribution is 2.22. The number of ketones is 1. The van der Waals surface area contributed by atoms with E-state index in [9.17, 15) is 9.18 Å². The summed E-state index contributed by atoms with van der Waals surface area (Å²) in [5.41, 5.74) is 1.60. The highest BCUT2D eigenvalue weighted by atomic mass is 127. The SMILES string of the molecule is Cc1cc(C(=O)c2cc(Br)ccc2I)ccc1F. The van der Waals surface area contributed by atoms with Crippen LogP contribution in [0, 0.1) is 16.3 Å². The second-order valence-corrected chi connectivity index (χ2v) is 6.00. The Labute approximate surface area is 127 Å². The number of carbonyl (C=O) groups is 1. The maximum Gasteiger partial charge on any atom is 0.194 e. The molecule has 0 heterocycles. The summed E-state index contributed by atoms with van der Waals surface area (Å²) in [4.78, 5) is 12.3. The molecule has 0 bridgehead atoms. The Morgan fingerprint density at radius 2 is 1.94 bits per heavy atom. The highest BCUT2D eigenvalue weighted by Gasteiger charge is 2.14. The van der Waals surface area contributed by atoms with E-state index in [-0.39, 0.29) is 11.6 Å². The Morgan fingerprint density at radius 3 is 2.61 bits per heavy atom. The average Bonchev–Trinajstić information content (AvgIpc) is 2.35. The van der Waals surface area contributed by atoms with E-state index in [0.717, 1.165) is 8.04 Å². The van der Waals surface area contributed by atoms with Gasteiger partial charge >= 0.3 is 0 Å². The van der Waals surface area contributed by atoms with Gasteiger partial charge in [-0.05, 0) is 71.5 Å². The Balaban J connectivity index is 2.47. The van der Waals surface area contributed by atoms with Crippen molar-refractivity contribution in [3.8, 4) is 0 Å². The highest BCUT2D eigenvalue weighted by molar-refractivity contribution is 14.1. The molecule has 2 rings (SSSR count). The molecule has 0 aliphatic rings. The molecule has 92 valence electrons. The first-order chi connectivity index (χ1) is 8.49. The van der Waals surface area contributed by atoms with E-state index >= 15 is 0 Å². The lowest BCUT2D eigenvalue weighted by Gasteiger charge is -2.06. The largest absolute Gasteiger partial charge is 0.289 e. The van der Waals surface area contributed by atoms with E-state index in [0.29, 0.717) is 16.7 Å². The van der Waals surface area contributed by atoms with Crippen molar-refractivity contribution in [2.75, 3.05) is 0 Å². The first-order valence-corrected chi connectivity index (χ1v) is 7.12. The summed E-state index contributed by atoms with van der Waals surface area (Å²) in [7, 11) is 0. The van der Waals surface area contributed by atoms with Crippen molar-refractivity contribution in [1.29, 1.82) is 0 Å². The monoisotopic (exact) mass is 418 g/mol. The van der Waals surface area contributed by atoms with Crippen LogP contribution in [0.15, 0.2) is 40.9 Å². The molecule has 0 aliphatic heterocycles. The molecule has 0 unspecified atom stereocenters. The number of aryl methyl sites for hydroxylation is 1. The van der Waals surface area contributed by atoms with Gasteiger partial charge in [0.05, 0.1) is 0 Å². The van der Waals surface area contributed by atoms with E-state index in [2.05, 4.69) is 38.5 Å². The van der Waals surface area contributed by atoms with Gasteiger partial charge in [-0.3, -0.25) is 4.79 Å². The van der Waals surface area contributed by atoms with Crippen LogP contribution in [0.4, 0.5) is 4.39 Å². The van der Waals surface area contributed by atoms with Crippen molar-refractivity contribution in [2.45, 2.75) is 6.92 Å². The summed E-state index contributed by atoms with van der Waals surface area (Å²) in [6.07, 6.45) is 0. The maximum absolute atomic E-state index is 13.2. The smallest absolute Gasteiger partial charge is 0.194 e. The van der Waals surface area contributed by atoms with Gasteiger partial charge in [0.25, 0.3) is 0 Å². The average molecular weight is 419 g/mol. The van der Waals surface area contributed by atoms with Gasteiger partial charge in [-0.15, -0.1) is 0 Å². The quantitative estimate of drug-likeness (QED) is 0.508. The van der Waals surface area contributed by atoms with Crippen LogP contribution >= 0.6 is 38.5 Å². The zero-order valence-corrected chi connectivity index (χ0v) is 13.2. The van der Waals surface area contributed by atoms with E-state index in [1.165, 1.54) is 12.1 Å². The molecule has 0 N–H and O–H groups in total. The number of benzene rings is 2. The van der Waals surface area contributed by atoms with Gasteiger partial charge in [-0.1, -0.05) is 15.9 Å². The summed E-state index contributed by atoms with van der Waals surface area (Å²) in [6, 6.07) is 9.95. The molecule has 0 amide bonds. The van der Waals surface area contributed by atoms with E-state index in [1.54, 1.807) is 19.1 Å². The number of halogens is 3. The molecule has 0 aromatic heterocycles. The van der Waals surface area contributed by atoms with Crippen molar-refractivity contribution in [2.24, 2.45) is 0 Å². The van der Waals surface area contributed by atoms with Gasteiger partial charge < -0.3 is 0 Å². The molecule has 0 fully saturated rings. The third-order valence-electron chi connectivity index (χ3n) is 2.59. The van der Waals surface area contributed by atoms with Crippen molar-refractivity contribution in [1.82, 2.24) is 0 Å². The fraction of sp³-hybridized carbons (Fsp3) is 0.0714. The molecule has 1 nitrogen and oxygen atoms in total. The molecule has 4 heteroatoms. The van der Waals surface area contributed by atoms with Crippen molar-refractivity contribution < 1.29 is 9.18 Å². The van der Waals surface area contributed by atoms with Crippen LogP contribution in [0.3, 0.4) is 0 Å². The first kappa shape index (κ1) is 13.7. The summed E-state index contributed by atoms with van der Waals surface area (Å²) in [5, 5.41) is 0. The normalized spacial score (nSPS) is 10.4. The van der Waals surface area contributed by atoms with Gasteiger partial charge in [0.2, 0.25) is 0 Å². The Hall–Kier alpha value is -0.750. The van der Waals surface area contributed by atoms with Crippen LogP contribution in [0.2, 0.25) is 0 Å². The fourth-order valence-corrected chi connectivity index (χ4v) is 2.55. The van der Waals surface area contributed by atoms with Gasteiger partial charge in [-0.25, -0.2) is 4.39 Å². The van der Waals surface area contributed by atoms with Crippen molar-refractivity contribution >= 4 is 44.3 Å². The fourth-order valence-electron chi connectivity index (χ4n) is 1.61. The summed E-state index contributed by atoms with van der Waals surface area (Å²) < 4.78 is 14.9. The lowest BCUT2D eigenvalue weighted by atomic mass is 10.0. The lowest BCUT2D eigenvalue weighted by Crippen LogP contribution is -2.04. The number of hydrogen-bond donors (Lipinski definition) is 0. The third kappa shape index (κ3) is 2.80. The van der Waals surface area contributed by atoms with Crippen LogP contribution in [0.25, 0.3) is 0 Å². The Kier molecular flexibility index (Phi) is 4.17. The minimum atomic E-state index is -0.296. The molecule has 2 aromatic rings. The number of rotatable bonds is 2. The second-order valence-electron chi connectivity index (χ2n) is 3.92. The molecule has 0 spiro atoms. The van der Waals surface area contributed by atoms with Crippen molar-refractivity contribution in [3.63, 3.8) is 0 Å². The molecule has 0 aliphatic carbocycles. The van der Waals surface area contributed by atoms with Gasteiger partial charge in [-0.2, -0.15) is 0 Å². The summed E-state index contributed by atoms with van der Waals surface area (Å²) in [6.45, 7) is 1.65. The maximum atomic E-state index is 13.2. The number of carbonyl (C=O) groups excluding carboxylic acids is 1. The molecule has 0 atom stereocenters. The molecular formula is C14H9BrFIO. The first-order valence-electron chi connectivity index (χ1n) is 5.25. The van der Waals surface area contributed by atoms with E-state index in [1.807, 2.05) is 12.1 Å². The van der Waals surface area contributed by atoms with Crippen LogP contribution in [0.1, 0.15) is 21.5 Å². The van der Waals surface area contributed by atoms with E-state index < -0.39 is 0 Å². The topological polar surface area (TPSA) is 17.1 Å². The predicted octanol–water partition coefficient (Wildman–Crippen LogP) is 4.73. The van der Waals surface area contributed by atoms with Crippen LogP contribution in [-0.4, -0.2) is 5.78 Å². The number of hydrogen-bond acceptors (Lipinski definition) is 1. The van der Waals surface area contributed by atoms with Crippen molar-refractivity contribution in [3.05, 3.63) is 66.9 Å². The summed E-state index contributed by atoms with van der Waals surface area (Å²) in [5.74, 6) is -0.390. The van der Waals surface area contributed by atoms with Gasteiger partial charge in [0.1, 0.15) is 5.82 Å². The lowest BCUT2D eigenvalue weighted by molar-refractivity contribution is 0.103. The van der Waals surface area contributed by atoms with E-state index in [4.69, 9.17) is 0 Å². The van der Waals surface area contributed by atoms with Crippen LogP contribution in [0.5, 0.6) is 0 Å². The minimum Gasteiger partial charge on any atom is -0.289 e. The predicted molar refractivity (Wildman–Crippen MR) is 81.4 cm³/mol. The van der Waals surface area contributed by atoms with Gasteiger partial charge in [0.15, 0.2) is 5.78 Å². The Morgan fingerprint density at radius 1 is 1.22 bits per heavy atom. The molecule has 0 saturated carbocycles. The molecule has 2 aromatic carbocycles. The van der Waals surface area contributed by atoms with Gasteiger partial charge in [0, 0.05) is 19.2 Å². The van der Waals surface area contributed by atoms with Crippen LogP contribution < -0.4 is 0 Å². The molecule has 0 saturated heterocycles. The summed E-state index contributed by atoms with van der Waals surface area (Å²) >= 11 is 5.47. The molecular weight excluding hydrogens is 410 g/mol. The molecule has 0 radical (unpaired) electrons. The van der Waals surface area contributed by atoms with Crippen LogP contribution in [-0.2, 0) is 0 Å². The second kappa shape index (κ2) is 5.48. The minimum absolute atomic E-state index is 0.0937. The zero-order valence-electron chi connectivity index (χ0n) is 9.51.